The lowest BCUT2D eigenvalue weighted by molar-refractivity contribution is -0.139. The van der Waals surface area contributed by atoms with E-state index in [1.807, 2.05) is 19.1 Å². The number of hydrogen-bond acceptors (Lipinski definition) is 8. The predicted molar refractivity (Wildman–Crippen MR) is 143 cm³/mol. The van der Waals surface area contributed by atoms with E-state index in [1.165, 1.54) is 19.4 Å². The lowest BCUT2D eigenvalue weighted by Gasteiger charge is -2.13. The lowest BCUT2D eigenvalue weighted by atomic mass is 10.2. The Balaban J connectivity index is 1.28. The molecule has 3 N–H and O–H groups in total. The van der Waals surface area contributed by atoms with Gasteiger partial charge in [0.15, 0.2) is 29.6 Å². The monoisotopic (exact) mass is 552 g/mol. The summed E-state index contributed by atoms with van der Waals surface area (Å²) < 4.78 is 21.4. The van der Waals surface area contributed by atoms with E-state index in [9.17, 15) is 14.4 Å². The highest BCUT2D eigenvalue weighted by molar-refractivity contribution is 6.35. The maximum atomic E-state index is 12.3. The van der Waals surface area contributed by atoms with Gasteiger partial charge in [-0.2, -0.15) is 5.10 Å². The fraction of sp³-hybridized carbons (Fsp3) is 0.185. The quantitative estimate of drug-likeness (QED) is 0.211. The first-order valence-electron chi connectivity index (χ1n) is 11.7. The Labute approximate surface area is 229 Å². The van der Waals surface area contributed by atoms with Gasteiger partial charge in [0.05, 0.1) is 18.3 Å². The van der Waals surface area contributed by atoms with Gasteiger partial charge in [-0.15, -0.1) is 0 Å². The number of hydrogen-bond donors (Lipinski definition) is 3. The van der Waals surface area contributed by atoms with Crippen LogP contribution in [0.3, 0.4) is 0 Å². The summed E-state index contributed by atoms with van der Waals surface area (Å²) in [4.78, 5) is 36.5. The molecular weight excluding hydrogens is 528 g/mol. The van der Waals surface area contributed by atoms with Crippen molar-refractivity contribution in [3.63, 3.8) is 0 Å². The van der Waals surface area contributed by atoms with Crippen molar-refractivity contribution < 1.29 is 33.3 Å². The highest BCUT2D eigenvalue weighted by Crippen LogP contribution is 2.36. The molecule has 0 aromatic heterocycles. The zero-order valence-corrected chi connectivity index (χ0v) is 21.8. The SMILES string of the molecule is COc1cc(/C=N\NC(=O)C(=O)NCc2ccc3c(c2)OCO3)cc(Cl)c1OCC(=O)Nc1ccc(C)cc1. The molecular formula is C27H25ClN4O7. The molecule has 0 unspecified atom stereocenters. The Bertz CT molecular complexity index is 1410. The van der Waals surface area contributed by atoms with Gasteiger partial charge in [-0.1, -0.05) is 35.4 Å². The minimum Gasteiger partial charge on any atom is -0.493 e. The molecule has 0 bridgehead atoms. The van der Waals surface area contributed by atoms with E-state index >= 15 is 0 Å². The molecule has 0 saturated carbocycles. The maximum Gasteiger partial charge on any atom is 0.329 e. The molecule has 3 amide bonds. The molecule has 202 valence electrons. The second kappa shape index (κ2) is 12.7. The van der Waals surface area contributed by atoms with Gasteiger partial charge >= 0.3 is 11.8 Å². The maximum absolute atomic E-state index is 12.3. The number of rotatable bonds is 9. The Kier molecular flexibility index (Phi) is 8.85. The molecule has 0 aliphatic carbocycles. The molecule has 1 aliphatic rings. The standard InChI is InChI=1S/C27H25ClN4O7/c1-16-3-6-19(7-4-16)31-24(33)14-37-25-20(28)9-18(11-23(25)36-2)13-30-32-27(35)26(34)29-12-17-5-8-21-22(10-17)39-15-38-21/h3-11,13H,12,14-15H2,1-2H3,(H,29,34)(H,31,33)(H,32,35)/b30-13-. The van der Waals surface area contributed by atoms with Gasteiger partial charge in [-0.3, -0.25) is 14.4 Å². The number of methoxy groups -OCH3 is 1. The molecule has 3 aromatic carbocycles. The molecule has 3 aromatic rings. The van der Waals surface area contributed by atoms with Crippen molar-refractivity contribution in [2.24, 2.45) is 5.10 Å². The van der Waals surface area contributed by atoms with Crippen LogP contribution in [0.2, 0.25) is 5.02 Å². The number of carbonyl (C=O) groups excluding carboxylic acids is 3. The summed E-state index contributed by atoms with van der Waals surface area (Å²) in [5.41, 5.74) is 5.06. The van der Waals surface area contributed by atoms with Crippen molar-refractivity contribution in [3.05, 3.63) is 76.3 Å². The highest BCUT2D eigenvalue weighted by Gasteiger charge is 2.16. The third-order valence-corrected chi connectivity index (χ3v) is 5.69. The molecule has 1 aliphatic heterocycles. The molecule has 1 heterocycles. The van der Waals surface area contributed by atoms with Crippen molar-refractivity contribution >= 4 is 41.2 Å². The number of aryl methyl sites for hydroxylation is 1. The molecule has 0 fully saturated rings. The Morgan fingerprint density at radius 3 is 2.56 bits per heavy atom. The summed E-state index contributed by atoms with van der Waals surface area (Å²) in [7, 11) is 1.41. The number of anilines is 1. The van der Waals surface area contributed by atoms with E-state index in [1.54, 1.807) is 36.4 Å². The number of ether oxygens (including phenoxy) is 4. The normalized spacial score (nSPS) is 11.7. The molecule has 12 heteroatoms. The molecule has 0 radical (unpaired) electrons. The summed E-state index contributed by atoms with van der Waals surface area (Å²) >= 11 is 6.33. The minimum atomic E-state index is -0.954. The molecule has 4 rings (SSSR count). The largest absolute Gasteiger partial charge is 0.493 e. The number of nitrogens with one attached hydrogen (secondary N) is 3. The summed E-state index contributed by atoms with van der Waals surface area (Å²) in [6.07, 6.45) is 1.28. The molecule has 0 atom stereocenters. The van der Waals surface area contributed by atoms with Crippen LogP contribution in [0.4, 0.5) is 5.69 Å². The van der Waals surface area contributed by atoms with Crippen LogP contribution >= 0.6 is 11.6 Å². The van der Waals surface area contributed by atoms with Gasteiger partial charge in [0.25, 0.3) is 5.91 Å². The van der Waals surface area contributed by atoms with Gasteiger partial charge in [0.1, 0.15) is 0 Å². The number of carbonyl (C=O) groups is 3. The van der Waals surface area contributed by atoms with Gasteiger partial charge in [-0.05, 0) is 54.4 Å². The Morgan fingerprint density at radius 1 is 1.03 bits per heavy atom. The second-order valence-electron chi connectivity index (χ2n) is 8.31. The van der Waals surface area contributed by atoms with E-state index in [4.69, 9.17) is 30.5 Å². The zero-order chi connectivity index (χ0) is 27.8. The third kappa shape index (κ3) is 7.39. The topological polar surface area (TPSA) is 137 Å². The van der Waals surface area contributed by atoms with Gasteiger partial charge in [0, 0.05) is 12.2 Å². The number of nitrogens with zero attached hydrogens (tertiary/aromatic N) is 1. The summed E-state index contributed by atoms with van der Waals surface area (Å²) in [5, 5.41) is 9.19. The van der Waals surface area contributed by atoms with E-state index in [-0.39, 0.29) is 42.4 Å². The van der Waals surface area contributed by atoms with Crippen molar-refractivity contribution in [3.8, 4) is 23.0 Å². The molecule has 0 saturated heterocycles. The number of benzene rings is 3. The summed E-state index contributed by atoms with van der Waals surface area (Å²) in [6, 6.07) is 15.6. The predicted octanol–water partition coefficient (Wildman–Crippen LogP) is 3.17. The summed E-state index contributed by atoms with van der Waals surface area (Å²) in [5.74, 6) is -0.578. The number of hydrazone groups is 1. The van der Waals surface area contributed by atoms with Gasteiger partial charge in [0.2, 0.25) is 6.79 Å². The lowest BCUT2D eigenvalue weighted by Crippen LogP contribution is -2.37. The van der Waals surface area contributed by atoms with Crippen molar-refractivity contribution in [2.75, 3.05) is 25.8 Å². The molecule has 11 nitrogen and oxygen atoms in total. The van der Waals surface area contributed by atoms with Crippen LogP contribution in [0.5, 0.6) is 23.0 Å². The van der Waals surface area contributed by atoms with E-state index < -0.39 is 11.8 Å². The number of amides is 3. The number of halogens is 1. The highest BCUT2D eigenvalue weighted by atomic mass is 35.5. The van der Waals surface area contributed by atoms with Crippen LogP contribution < -0.4 is 35.0 Å². The van der Waals surface area contributed by atoms with Crippen molar-refractivity contribution in [1.29, 1.82) is 0 Å². The van der Waals surface area contributed by atoms with E-state index in [0.717, 1.165) is 11.1 Å². The average Bonchev–Trinajstić information content (AvgIpc) is 3.40. The average molecular weight is 553 g/mol. The van der Waals surface area contributed by atoms with Crippen LogP contribution in [-0.2, 0) is 20.9 Å². The fourth-order valence-corrected chi connectivity index (χ4v) is 3.73. The van der Waals surface area contributed by atoms with Crippen LogP contribution in [0.15, 0.2) is 59.7 Å². The zero-order valence-electron chi connectivity index (χ0n) is 21.1. The first-order chi connectivity index (χ1) is 18.8. The van der Waals surface area contributed by atoms with E-state index in [2.05, 4.69) is 21.2 Å². The molecule has 39 heavy (non-hydrogen) atoms. The van der Waals surface area contributed by atoms with Gasteiger partial charge in [-0.25, -0.2) is 5.43 Å². The van der Waals surface area contributed by atoms with Crippen molar-refractivity contribution in [1.82, 2.24) is 10.7 Å². The van der Waals surface area contributed by atoms with Crippen LogP contribution in [-0.4, -0.2) is 44.4 Å². The van der Waals surface area contributed by atoms with Crippen LogP contribution in [0.25, 0.3) is 0 Å². The number of fused-ring (bicyclic) bond motifs is 1. The third-order valence-electron chi connectivity index (χ3n) is 5.41. The van der Waals surface area contributed by atoms with Gasteiger partial charge < -0.3 is 29.6 Å². The molecule has 0 spiro atoms. The van der Waals surface area contributed by atoms with Crippen LogP contribution in [0.1, 0.15) is 16.7 Å². The second-order valence-corrected chi connectivity index (χ2v) is 8.71. The Morgan fingerprint density at radius 2 is 1.79 bits per heavy atom. The summed E-state index contributed by atoms with van der Waals surface area (Å²) in [6.45, 7) is 1.91. The smallest absolute Gasteiger partial charge is 0.329 e. The van der Waals surface area contributed by atoms with E-state index in [0.29, 0.717) is 22.7 Å². The minimum absolute atomic E-state index is 0.115. The van der Waals surface area contributed by atoms with Crippen LogP contribution in [0, 0.1) is 6.92 Å². The van der Waals surface area contributed by atoms with Crippen molar-refractivity contribution in [2.45, 2.75) is 13.5 Å². The fourth-order valence-electron chi connectivity index (χ4n) is 3.46. The Hall–Kier alpha value is -4.77. The first-order valence-corrected chi connectivity index (χ1v) is 12.1. The first kappa shape index (κ1) is 27.3.